The Hall–Kier alpha value is -1.63. The normalized spacial score (nSPS) is 18.6. The van der Waals surface area contributed by atoms with Crippen LogP contribution in [0.5, 0.6) is 0 Å². The van der Waals surface area contributed by atoms with E-state index in [-0.39, 0.29) is 18.4 Å². The lowest BCUT2D eigenvalue weighted by Gasteiger charge is -2.36. The molecule has 1 rings (SSSR count). The summed E-state index contributed by atoms with van der Waals surface area (Å²) in [6, 6.07) is 0. The molecule has 7 nitrogen and oxygen atoms in total. The van der Waals surface area contributed by atoms with E-state index < -0.39 is 17.8 Å². The number of carboxylic acids is 1. The van der Waals surface area contributed by atoms with Crippen LogP contribution in [0, 0.1) is 11.8 Å². The van der Waals surface area contributed by atoms with Gasteiger partial charge in [0.2, 0.25) is 11.8 Å². The van der Waals surface area contributed by atoms with E-state index in [0.29, 0.717) is 26.2 Å². The first-order chi connectivity index (χ1) is 9.38. The van der Waals surface area contributed by atoms with E-state index in [0.717, 1.165) is 0 Å². The van der Waals surface area contributed by atoms with Crippen molar-refractivity contribution in [1.82, 2.24) is 9.80 Å². The van der Waals surface area contributed by atoms with E-state index in [1.165, 1.54) is 14.0 Å². The van der Waals surface area contributed by atoms with Crippen LogP contribution in [0.2, 0.25) is 0 Å². The molecule has 0 bridgehead atoms. The second-order valence-corrected chi connectivity index (χ2v) is 5.05. The van der Waals surface area contributed by atoms with Gasteiger partial charge >= 0.3 is 5.97 Å². The van der Waals surface area contributed by atoms with Gasteiger partial charge in [-0.25, -0.2) is 0 Å². The molecule has 1 heterocycles. The molecule has 2 atom stereocenters. The third-order valence-electron chi connectivity index (χ3n) is 3.74. The van der Waals surface area contributed by atoms with Gasteiger partial charge in [0.1, 0.15) is 6.61 Å². The summed E-state index contributed by atoms with van der Waals surface area (Å²) in [5.41, 5.74) is 0. The van der Waals surface area contributed by atoms with Crippen LogP contribution in [0.4, 0.5) is 0 Å². The third-order valence-corrected chi connectivity index (χ3v) is 3.74. The molecule has 1 saturated heterocycles. The number of carbonyl (C=O) groups is 3. The molecule has 0 aliphatic carbocycles. The number of hydrogen-bond donors (Lipinski definition) is 1. The molecule has 20 heavy (non-hydrogen) atoms. The molecule has 114 valence electrons. The molecule has 1 aliphatic rings. The Morgan fingerprint density at radius 1 is 1.05 bits per heavy atom. The van der Waals surface area contributed by atoms with Crippen LogP contribution in [0.1, 0.15) is 13.8 Å². The summed E-state index contributed by atoms with van der Waals surface area (Å²) < 4.78 is 4.79. The smallest absolute Gasteiger partial charge is 0.307 e. The zero-order valence-electron chi connectivity index (χ0n) is 12.2. The number of hydrogen-bond acceptors (Lipinski definition) is 4. The molecule has 1 fully saturated rings. The Kier molecular flexibility index (Phi) is 5.94. The summed E-state index contributed by atoms with van der Waals surface area (Å²) in [5.74, 6) is -2.51. The fraction of sp³-hybridized carbons (Fsp3) is 0.769. The van der Waals surface area contributed by atoms with Gasteiger partial charge in [-0.15, -0.1) is 0 Å². The predicted octanol–water partition coefficient (Wildman–Crippen LogP) is -0.340. The maximum atomic E-state index is 12.2. The number of nitrogens with zero attached hydrogens (tertiary/aromatic N) is 2. The lowest BCUT2D eigenvalue weighted by atomic mass is 9.94. The van der Waals surface area contributed by atoms with E-state index in [4.69, 9.17) is 9.84 Å². The molecule has 2 unspecified atom stereocenters. The van der Waals surface area contributed by atoms with Gasteiger partial charge in [0, 0.05) is 39.2 Å². The average Bonchev–Trinajstić information content (AvgIpc) is 2.45. The monoisotopic (exact) mass is 286 g/mol. The van der Waals surface area contributed by atoms with Crippen LogP contribution in [0.15, 0.2) is 0 Å². The van der Waals surface area contributed by atoms with Gasteiger partial charge in [-0.05, 0) is 0 Å². The minimum absolute atomic E-state index is 0.0421. The molecule has 0 radical (unpaired) electrons. The van der Waals surface area contributed by atoms with Crippen LogP contribution in [0.3, 0.4) is 0 Å². The van der Waals surface area contributed by atoms with Gasteiger partial charge in [-0.1, -0.05) is 13.8 Å². The highest BCUT2D eigenvalue weighted by molar-refractivity contribution is 5.84. The Labute approximate surface area is 118 Å². The maximum absolute atomic E-state index is 12.2. The predicted molar refractivity (Wildman–Crippen MR) is 71.0 cm³/mol. The molecule has 0 aromatic carbocycles. The van der Waals surface area contributed by atoms with Crippen molar-refractivity contribution in [2.24, 2.45) is 11.8 Å². The molecule has 2 amide bonds. The van der Waals surface area contributed by atoms with Gasteiger partial charge in [0.05, 0.1) is 5.92 Å². The second kappa shape index (κ2) is 7.23. The zero-order valence-corrected chi connectivity index (χ0v) is 12.2. The van der Waals surface area contributed by atoms with Gasteiger partial charge in [-0.3, -0.25) is 14.4 Å². The number of amides is 2. The molecular weight excluding hydrogens is 264 g/mol. The Bertz CT molecular complexity index is 377. The summed E-state index contributed by atoms with van der Waals surface area (Å²) in [7, 11) is 1.46. The SMILES string of the molecule is COCC(=O)N1CCN(C(=O)C(C)C(C)C(=O)O)CC1. The minimum atomic E-state index is -0.972. The Morgan fingerprint density at radius 2 is 1.55 bits per heavy atom. The molecule has 0 saturated carbocycles. The summed E-state index contributed by atoms with van der Waals surface area (Å²) in [5, 5.41) is 8.94. The fourth-order valence-electron chi connectivity index (χ4n) is 2.11. The van der Waals surface area contributed by atoms with Crippen LogP contribution in [-0.4, -0.2) is 72.6 Å². The third kappa shape index (κ3) is 3.93. The number of piperazine rings is 1. The van der Waals surface area contributed by atoms with E-state index in [9.17, 15) is 14.4 Å². The van der Waals surface area contributed by atoms with Crippen molar-refractivity contribution >= 4 is 17.8 Å². The van der Waals surface area contributed by atoms with E-state index in [2.05, 4.69) is 0 Å². The number of carbonyl (C=O) groups excluding carboxylic acids is 2. The van der Waals surface area contributed by atoms with E-state index in [1.807, 2.05) is 0 Å². The minimum Gasteiger partial charge on any atom is -0.481 e. The number of ether oxygens (including phenoxy) is 1. The fourth-order valence-corrected chi connectivity index (χ4v) is 2.11. The molecular formula is C13H22N2O5. The van der Waals surface area contributed by atoms with Crippen molar-refractivity contribution in [2.75, 3.05) is 39.9 Å². The van der Waals surface area contributed by atoms with Crippen molar-refractivity contribution < 1.29 is 24.2 Å². The van der Waals surface area contributed by atoms with E-state index >= 15 is 0 Å². The average molecular weight is 286 g/mol. The molecule has 0 aromatic rings. The largest absolute Gasteiger partial charge is 0.481 e. The zero-order chi connectivity index (χ0) is 15.3. The van der Waals surface area contributed by atoms with Crippen molar-refractivity contribution in [3.63, 3.8) is 0 Å². The quantitative estimate of drug-likeness (QED) is 0.747. The maximum Gasteiger partial charge on any atom is 0.307 e. The van der Waals surface area contributed by atoms with Crippen LogP contribution in [0.25, 0.3) is 0 Å². The molecule has 1 aliphatic heterocycles. The molecule has 0 spiro atoms. The Balaban J connectivity index is 2.50. The van der Waals surface area contributed by atoms with Crippen molar-refractivity contribution in [1.29, 1.82) is 0 Å². The lowest BCUT2D eigenvalue weighted by molar-refractivity contribution is -0.150. The standard InChI is InChI=1S/C13H22N2O5/c1-9(10(2)13(18)19)12(17)15-6-4-14(5-7-15)11(16)8-20-3/h9-10H,4-8H2,1-3H3,(H,18,19). The van der Waals surface area contributed by atoms with E-state index in [1.54, 1.807) is 16.7 Å². The molecule has 7 heteroatoms. The topological polar surface area (TPSA) is 87.2 Å². The summed E-state index contributed by atoms with van der Waals surface area (Å²) in [6.45, 7) is 4.99. The van der Waals surface area contributed by atoms with Gasteiger partial charge in [-0.2, -0.15) is 0 Å². The van der Waals surface area contributed by atoms with Crippen LogP contribution >= 0.6 is 0 Å². The highest BCUT2D eigenvalue weighted by Gasteiger charge is 2.31. The first-order valence-corrected chi connectivity index (χ1v) is 6.66. The van der Waals surface area contributed by atoms with Crippen molar-refractivity contribution in [2.45, 2.75) is 13.8 Å². The first-order valence-electron chi connectivity index (χ1n) is 6.66. The number of methoxy groups -OCH3 is 1. The number of aliphatic carboxylic acids is 1. The highest BCUT2D eigenvalue weighted by atomic mass is 16.5. The lowest BCUT2D eigenvalue weighted by Crippen LogP contribution is -2.53. The second-order valence-electron chi connectivity index (χ2n) is 5.05. The Morgan fingerprint density at radius 3 is 2.00 bits per heavy atom. The molecule has 1 N–H and O–H groups in total. The van der Waals surface area contributed by atoms with Gasteiger partial charge in [0.15, 0.2) is 0 Å². The van der Waals surface area contributed by atoms with Gasteiger partial charge < -0.3 is 19.6 Å². The van der Waals surface area contributed by atoms with Crippen molar-refractivity contribution in [3.05, 3.63) is 0 Å². The van der Waals surface area contributed by atoms with Crippen molar-refractivity contribution in [3.8, 4) is 0 Å². The van der Waals surface area contributed by atoms with Gasteiger partial charge in [0.25, 0.3) is 0 Å². The molecule has 0 aromatic heterocycles. The van der Waals surface area contributed by atoms with Crippen LogP contribution in [-0.2, 0) is 19.1 Å². The summed E-state index contributed by atoms with van der Waals surface area (Å²) in [4.78, 5) is 38.0. The highest BCUT2D eigenvalue weighted by Crippen LogP contribution is 2.16. The number of carboxylic acid groups (broad SMARTS) is 1. The first kappa shape index (κ1) is 16.4. The van der Waals surface area contributed by atoms with Crippen LogP contribution < -0.4 is 0 Å². The summed E-state index contributed by atoms with van der Waals surface area (Å²) in [6.07, 6.45) is 0. The summed E-state index contributed by atoms with van der Waals surface area (Å²) >= 11 is 0. The number of rotatable bonds is 5.